The molecule has 3 aromatic rings. The number of likely N-dealkylation sites (N-methyl/N-ethyl adjacent to an activating group) is 1. The zero-order valence-electron chi connectivity index (χ0n) is 14.7. The lowest BCUT2D eigenvalue weighted by atomic mass is 9.93. The van der Waals surface area contributed by atoms with Crippen LogP contribution in [-0.4, -0.2) is 28.9 Å². The monoisotopic (exact) mass is 347 g/mol. The van der Waals surface area contributed by atoms with E-state index in [1.54, 1.807) is 13.2 Å². The molecule has 2 heterocycles. The third kappa shape index (κ3) is 3.26. The Morgan fingerprint density at radius 3 is 2.65 bits per heavy atom. The second kappa shape index (κ2) is 7.14. The smallest absolute Gasteiger partial charge is 0.237 e. The largest absolute Gasteiger partial charge is 0.439 e. The van der Waals surface area contributed by atoms with Crippen LogP contribution in [0, 0.1) is 0 Å². The summed E-state index contributed by atoms with van der Waals surface area (Å²) in [5.41, 5.74) is 3.48. The standard InChI is InChI=1S/C21H21N3O2/c1-22-21(25)18-11-16-9-5-6-10-17(16)13-24(18)14-20-23-12-19(26-20)15-7-3-2-4-8-15/h2-10,12,18H,11,13-14H2,1H3,(H,22,25). The quantitative estimate of drug-likeness (QED) is 0.788. The highest BCUT2D eigenvalue weighted by molar-refractivity contribution is 5.82. The molecule has 1 aliphatic heterocycles. The van der Waals surface area contributed by atoms with E-state index in [9.17, 15) is 4.79 Å². The first-order valence-corrected chi connectivity index (χ1v) is 8.77. The fourth-order valence-electron chi connectivity index (χ4n) is 3.46. The van der Waals surface area contributed by atoms with Gasteiger partial charge in [0, 0.05) is 19.2 Å². The van der Waals surface area contributed by atoms with Gasteiger partial charge in [-0.15, -0.1) is 0 Å². The normalized spacial score (nSPS) is 16.9. The molecule has 5 heteroatoms. The lowest BCUT2D eigenvalue weighted by molar-refractivity contribution is -0.126. The lowest BCUT2D eigenvalue weighted by Gasteiger charge is -2.34. The first kappa shape index (κ1) is 16.5. The molecule has 0 bridgehead atoms. The highest BCUT2D eigenvalue weighted by Gasteiger charge is 2.31. The van der Waals surface area contributed by atoms with Gasteiger partial charge in [0.25, 0.3) is 0 Å². The molecule has 0 saturated heterocycles. The van der Waals surface area contributed by atoms with Gasteiger partial charge in [-0.3, -0.25) is 9.69 Å². The number of hydrogen-bond acceptors (Lipinski definition) is 4. The van der Waals surface area contributed by atoms with Crippen molar-refractivity contribution in [2.45, 2.75) is 25.6 Å². The van der Waals surface area contributed by atoms with Crippen molar-refractivity contribution in [1.82, 2.24) is 15.2 Å². The molecular weight excluding hydrogens is 326 g/mol. The maximum Gasteiger partial charge on any atom is 0.237 e. The van der Waals surface area contributed by atoms with Crippen LogP contribution in [0.5, 0.6) is 0 Å². The van der Waals surface area contributed by atoms with Crippen LogP contribution in [0.1, 0.15) is 17.0 Å². The molecule has 2 aromatic carbocycles. The number of oxazole rings is 1. The molecule has 0 saturated carbocycles. The molecule has 1 aromatic heterocycles. The first-order valence-electron chi connectivity index (χ1n) is 8.77. The van der Waals surface area contributed by atoms with Crippen molar-refractivity contribution in [2.75, 3.05) is 7.05 Å². The molecular formula is C21H21N3O2. The Hall–Kier alpha value is -2.92. The van der Waals surface area contributed by atoms with Crippen LogP contribution in [-0.2, 0) is 24.3 Å². The summed E-state index contributed by atoms with van der Waals surface area (Å²) in [6, 6.07) is 18.0. The van der Waals surface area contributed by atoms with Crippen molar-refractivity contribution in [3.8, 4) is 11.3 Å². The summed E-state index contributed by atoms with van der Waals surface area (Å²) in [6.45, 7) is 1.20. The van der Waals surface area contributed by atoms with E-state index >= 15 is 0 Å². The zero-order valence-corrected chi connectivity index (χ0v) is 14.7. The zero-order chi connectivity index (χ0) is 17.9. The number of amides is 1. The third-order valence-electron chi connectivity index (χ3n) is 4.85. The fraction of sp³-hybridized carbons (Fsp3) is 0.238. The number of carbonyl (C=O) groups excluding carboxylic acids is 1. The van der Waals surface area contributed by atoms with E-state index in [-0.39, 0.29) is 11.9 Å². The van der Waals surface area contributed by atoms with Crippen LogP contribution >= 0.6 is 0 Å². The molecule has 4 rings (SSSR count). The molecule has 0 radical (unpaired) electrons. The van der Waals surface area contributed by atoms with E-state index in [2.05, 4.69) is 27.3 Å². The molecule has 1 amide bonds. The summed E-state index contributed by atoms with van der Waals surface area (Å²) in [6.07, 6.45) is 2.44. The second-order valence-electron chi connectivity index (χ2n) is 6.49. The van der Waals surface area contributed by atoms with Crippen LogP contribution in [0.3, 0.4) is 0 Å². The molecule has 0 spiro atoms. The van der Waals surface area contributed by atoms with Crippen molar-refractivity contribution < 1.29 is 9.21 Å². The maximum atomic E-state index is 12.4. The first-order chi connectivity index (χ1) is 12.7. The predicted molar refractivity (Wildman–Crippen MR) is 99.2 cm³/mol. The Kier molecular flexibility index (Phi) is 4.54. The number of nitrogens with one attached hydrogen (secondary N) is 1. The molecule has 132 valence electrons. The lowest BCUT2D eigenvalue weighted by Crippen LogP contribution is -2.49. The topological polar surface area (TPSA) is 58.4 Å². The number of nitrogens with zero attached hydrogens (tertiary/aromatic N) is 2. The van der Waals surface area contributed by atoms with Crippen LogP contribution < -0.4 is 5.32 Å². The highest BCUT2D eigenvalue weighted by atomic mass is 16.4. The van der Waals surface area contributed by atoms with Gasteiger partial charge in [0.05, 0.1) is 18.8 Å². The van der Waals surface area contributed by atoms with Crippen LogP contribution in [0.2, 0.25) is 0 Å². The summed E-state index contributed by atoms with van der Waals surface area (Å²) in [5.74, 6) is 1.39. The second-order valence-corrected chi connectivity index (χ2v) is 6.49. The van der Waals surface area contributed by atoms with Gasteiger partial charge >= 0.3 is 0 Å². The maximum absolute atomic E-state index is 12.4. The van der Waals surface area contributed by atoms with Crippen LogP contribution in [0.25, 0.3) is 11.3 Å². The Balaban J connectivity index is 1.58. The minimum Gasteiger partial charge on any atom is -0.439 e. The molecule has 1 atom stereocenters. The van der Waals surface area contributed by atoms with Crippen molar-refractivity contribution in [2.24, 2.45) is 0 Å². The molecule has 0 fully saturated rings. The molecule has 26 heavy (non-hydrogen) atoms. The number of rotatable bonds is 4. The average Bonchev–Trinajstić information content (AvgIpc) is 3.16. The SMILES string of the molecule is CNC(=O)C1Cc2ccccc2CN1Cc1ncc(-c2ccccc2)o1. The average molecular weight is 347 g/mol. The molecule has 1 aliphatic rings. The van der Waals surface area contributed by atoms with Gasteiger partial charge < -0.3 is 9.73 Å². The number of fused-ring (bicyclic) bond motifs is 1. The highest BCUT2D eigenvalue weighted by Crippen LogP contribution is 2.26. The van der Waals surface area contributed by atoms with Crippen LogP contribution in [0.4, 0.5) is 0 Å². The summed E-state index contributed by atoms with van der Waals surface area (Å²) in [5, 5.41) is 2.78. The minimum atomic E-state index is -0.220. The minimum absolute atomic E-state index is 0.0225. The van der Waals surface area contributed by atoms with Gasteiger partial charge in [-0.05, 0) is 17.5 Å². The van der Waals surface area contributed by atoms with Gasteiger partial charge in [-0.1, -0.05) is 54.6 Å². The number of hydrogen-bond donors (Lipinski definition) is 1. The summed E-state index contributed by atoms with van der Waals surface area (Å²) < 4.78 is 5.94. The van der Waals surface area contributed by atoms with Gasteiger partial charge in [0.1, 0.15) is 0 Å². The molecule has 5 nitrogen and oxygen atoms in total. The fourth-order valence-corrected chi connectivity index (χ4v) is 3.46. The number of benzene rings is 2. The van der Waals surface area contributed by atoms with Gasteiger partial charge in [0.15, 0.2) is 5.76 Å². The van der Waals surface area contributed by atoms with Gasteiger partial charge in [-0.2, -0.15) is 0 Å². The molecule has 0 aliphatic carbocycles. The summed E-state index contributed by atoms with van der Waals surface area (Å²) >= 11 is 0. The Morgan fingerprint density at radius 1 is 1.15 bits per heavy atom. The van der Waals surface area contributed by atoms with Gasteiger partial charge in [-0.25, -0.2) is 4.98 Å². The van der Waals surface area contributed by atoms with E-state index in [4.69, 9.17) is 4.42 Å². The van der Waals surface area contributed by atoms with E-state index in [0.717, 1.165) is 11.3 Å². The van der Waals surface area contributed by atoms with Crippen molar-refractivity contribution in [3.63, 3.8) is 0 Å². The Bertz CT molecular complexity index is 904. The summed E-state index contributed by atoms with van der Waals surface area (Å²) in [4.78, 5) is 18.9. The van der Waals surface area contributed by atoms with E-state index in [1.165, 1.54) is 11.1 Å². The third-order valence-corrected chi connectivity index (χ3v) is 4.85. The Morgan fingerprint density at radius 2 is 1.88 bits per heavy atom. The van der Waals surface area contributed by atoms with Crippen molar-refractivity contribution >= 4 is 5.91 Å². The Labute approximate surface area is 152 Å². The van der Waals surface area contributed by atoms with E-state index < -0.39 is 0 Å². The van der Waals surface area contributed by atoms with E-state index in [0.29, 0.717) is 25.4 Å². The van der Waals surface area contributed by atoms with Crippen LogP contribution in [0.15, 0.2) is 65.2 Å². The predicted octanol–water partition coefficient (Wildman–Crippen LogP) is 3.01. The molecule has 1 N–H and O–H groups in total. The van der Waals surface area contributed by atoms with Crippen molar-refractivity contribution in [3.05, 3.63) is 77.8 Å². The van der Waals surface area contributed by atoms with Crippen molar-refractivity contribution in [1.29, 1.82) is 0 Å². The summed E-state index contributed by atoms with van der Waals surface area (Å²) in [7, 11) is 1.68. The number of aromatic nitrogens is 1. The molecule has 1 unspecified atom stereocenters. The van der Waals surface area contributed by atoms with Gasteiger partial charge in [0.2, 0.25) is 11.8 Å². The van der Waals surface area contributed by atoms with E-state index in [1.807, 2.05) is 42.5 Å². The number of carbonyl (C=O) groups is 1.